The van der Waals surface area contributed by atoms with E-state index in [-0.39, 0.29) is 35.3 Å². The van der Waals surface area contributed by atoms with Crippen LogP contribution in [-0.4, -0.2) is 50.8 Å². The Kier molecular flexibility index (Phi) is 12.6. The Labute approximate surface area is 286 Å². The fraction of sp³-hybridized carbons (Fsp3) is 0.359. The van der Waals surface area contributed by atoms with E-state index in [1.807, 2.05) is 60.7 Å². The first kappa shape index (κ1) is 35.5. The first-order valence-electron chi connectivity index (χ1n) is 16.4. The Morgan fingerprint density at radius 3 is 2.15 bits per heavy atom. The van der Waals surface area contributed by atoms with Crippen molar-refractivity contribution in [3.05, 3.63) is 136 Å². The number of piperidine rings is 1. The molecule has 0 bridgehead atoms. The number of methoxy groups -OCH3 is 1. The molecule has 1 saturated heterocycles. The molecule has 1 aliphatic heterocycles. The van der Waals surface area contributed by atoms with Gasteiger partial charge in [-0.15, -0.1) is 0 Å². The molecule has 0 spiro atoms. The fourth-order valence-electron chi connectivity index (χ4n) is 6.61. The van der Waals surface area contributed by atoms with Gasteiger partial charge >= 0.3 is 12.1 Å². The number of carbonyl (C=O) groups excluding carboxylic acids is 1. The number of rotatable bonds is 14. The van der Waals surface area contributed by atoms with E-state index >= 15 is 0 Å². The Morgan fingerprint density at radius 2 is 1.52 bits per heavy atom. The molecule has 1 fully saturated rings. The minimum Gasteiger partial charge on any atom is -0.494 e. The summed E-state index contributed by atoms with van der Waals surface area (Å²) in [5.74, 6) is 0.233. The summed E-state index contributed by atoms with van der Waals surface area (Å²) < 4.78 is 52.6. The van der Waals surface area contributed by atoms with Crippen molar-refractivity contribution in [2.45, 2.75) is 43.8 Å². The zero-order valence-electron chi connectivity index (χ0n) is 27.1. The van der Waals surface area contributed by atoms with Crippen LogP contribution in [0.2, 0.25) is 5.02 Å². The Hall–Kier alpha value is -3.85. The molecule has 0 aliphatic carbocycles. The van der Waals surface area contributed by atoms with Crippen LogP contribution in [0, 0.1) is 5.92 Å². The van der Waals surface area contributed by atoms with E-state index in [0.29, 0.717) is 37.4 Å². The lowest BCUT2D eigenvalue weighted by Crippen LogP contribution is -2.34. The van der Waals surface area contributed by atoms with Crippen molar-refractivity contribution in [3.63, 3.8) is 0 Å². The third kappa shape index (κ3) is 9.40. The van der Waals surface area contributed by atoms with E-state index in [2.05, 4.69) is 34.5 Å². The molecule has 0 aromatic heterocycles. The predicted octanol–water partition coefficient (Wildman–Crippen LogP) is 8.72. The molecule has 0 radical (unpaired) electrons. The van der Waals surface area contributed by atoms with Crippen LogP contribution >= 0.6 is 11.6 Å². The molecule has 5 rings (SSSR count). The number of benzene rings is 4. The molecular weight excluding hydrogens is 637 g/mol. The fourth-order valence-corrected chi connectivity index (χ4v) is 6.90. The van der Waals surface area contributed by atoms with Crippen LogP contribution in [0.1, 0.15) is 58.9 Å². The van der Waals surface area contributed by atoms with Gasteiger partial charge in [-0.3, -0.25) is 9.69 Å². The zero-order chi connectivity index (χ0) is 33.9. The summed E-state index contributed by atoms with van der Waals surface area (Å²) in [6, 6.07) is 32.0. The van der Waals surface area contributed by atoms with Gasteiger partial charge in [-0.1, -0.05) is 96.5 Å². The lowest BCUT2D eigenvalue weighted by molar-refractivity contribution is -0.144. The third-order valence-electron chi connectivity index (χ3n) is 9.04. The molecule has 1 aliphatic rings. The van der Waals surface area contributed by atoms with Crippen LogP contribution in [0.4, 0.5) is 13.2 Å². The maximum Gasteiger partial charge on any atom is 0.417 e. The molecule has 254 valence electrons. The summed E-state index contributed by atoms with van der Waals surface area (Å²) in [5.41, 5.74) is 2.70. The molecule has 0 amide bonds. The number of nitrogens with zero attached hydrogens (tertiary/aromatic N) is 1. The van der Waals surface area contributed by atoms with Crippen LogP contribution in [0.15, 0.2) is 103 Å². The molecule has 1 heterocycles. The smallest absolute Gasteiger partial charge is 0.417 e. The van der Waals surface area contributed by atoms with Crippen LogP contribution in [0.5, 0.6) is 5.75 Å². The van der Waals surface area contributed by atoms with E-state index in [0.717, 1.165) is 48.7 Å². The van der Waals surface area contributed by atoms with Crippen LogP contribution in [0.25, 0.3) is 0 Å². The summed E-state index contributed by atoms with van der Waals surface area (Å²) in [7, 11) is 1.43. The summed E-state index contributed by atoms with van der Waals surface area (Å²) in [4.78, 5) is 15.0. The third-order valence-corrected chi connectivity index (χ3v) is 9.48. The van der Waals surface area contributed by atoms with Crippen molar-refractivity contribution in [2.24, 2.45) is 5.92 Å². The van der Waals surface area contributed by atoms with Crippen molar-refractivity contribution in [1.29, 1.82) is 0 Å². The predicted molar refractivity (Wildman–Crippen MR) is 183 cm³/mol. The van der Waals surface area contributed by atoms with Gasteiger partial charge < -0.3 is 14.8 Å². The van der Waals surface area contributed by atoms with Crippen molar-refractivity contribution in [2.75, 3.05) is 39.9 Å². The van der Waals surface area contributed by atoms with Crippen LogP contribution < -0.4 is 10.1 Å². The van der Waals surface area contributed by atoms with Gasteiger partial charge in [-0.2, -0.15) is 13.2 Å². The highest BCUT2D eigenvalue weighted by atomic mass is 35.5. The highest BCUT2D eigenvalue weighted by Crippen LogP contribution is 2.37. The van der Waals surface area contributed by atoms with Gasteiger partial charge in [-0.25, -0.2) is 0 Å². The minimum absolute atomic E-state index is 0.0141. The summed E-state index contributed by atoms with van der Waals surface area (Å²) in [6.45, 7) is 3.48. The van der Waals surface area contributed by atoms with E-state index in [9.17, 15) is 18.0 Å². The maximum absolute atomic E-state index is 13.7. The second kappa shape index (κ2) is 17.0. The van der Waals surface area contributed by atoms with Crippen LogP contribution in [0.3, 0.4) is 0 Å². The number of hydrogen-bond acceptors (Lipinski definition) is 5. The highest BCUT2D eigenvalue weighted by Gasteiger charge is 2.34. The van der Waals surface area contributed by atoms with Gasteiger partial charge in [-0.05, 0) is 78.7 Å². The molecular formula is C39H42ClF3N2O3. The standard InChI is InChI=1S/C39H42ClF3N2O3/c1-47-38(46)36(30-19-21-44-22-20-30)31-15-8-17-33(25-31)48-24-10-23-45(26-32-16-9-18-35(37(32)40)39(41,42)43)27-34(28-11-4-2-5-12-28)29-13-6-3-7-14-29/h2-9,11-18,25,30,34,36,44H,10,19-24,26-27H2,1H3. The molecule has 48 heavy (non-hydrogen) atoms. The number of nitrogens with one attached hydrogen (secondary N) is 1. The normalized spacial score (nSPS) is 14.6. The second-order valence-electron chi connectivity index (χ2n) is 12.2. The van der Waals surface area contributed by atoms with Crippen LogP contribution in [-0.2, 0) is 22.3 Å². The lowest BCUT2D eigenvalue weighted by Gasteiger charge is -2.29. The van der Waals surface area contributed by atoms with E-state index in [4.69, 9.17) is 21.1 Å². The average Bonchev–Trinajstić information content (AvgIpc) is 3.10. The number of hydrogen-bond donors (Lipinski definition) is 1. The quantitative estimate of drug-likeness (QED) is 0.107. The number of esters is 1. The molecule has 0 saturated carbocycles. The molecule has 4 aromatic carbocycles. The van der Waals surface area contributed by atoms with Crippen molar-refractivity contribution in [1.82, 2.24) is 10.2 Å². The minimum atomic E-state index is -4.54. The Morgan fingerprint density at radius 1 is 0.896 bits per heavy atom. The molecule has 1 unspecified atom stereocenters. The van der Waals surface area contributed by atoms with E-state index in [1.165, 1.54) is 13.2 Å². The lowest BCUT2D eigenvalue weighted by atomic mass is 9.80. The van der Waals surface area contributed by atoms with E-state index in [1.54, 1.807) is 6.07 Å². The maximum atomic E-state index is 13.7. The molecule has 9 heteroatoms. The second-order valence-corrected chi connectivity index (χ2v) is 12.6. The van der Waals surface area contributed by atoms with Crippen molar-refractivity contribution < 1.29 is 27.4 Å². The van der Waals surface area contributed by atoms with E-state index < -0.39 is 11.7 Å². The molecule has 4 aromatic rings. The largest absolute Gasteiger partial charge is 0.494 e. The summed E-state index contributed by atoms with van der Waals surface area (Å²) in [6.07, 6.45) is -2.14. The molecule has 5 nitrogen and oxygen atoms in total. The van der Waals surface area contributed by atoms with Crippen molar-refractivity contribution in [3.8, 4) is 5.75 Å². The first-order valence-corrected chi connectivity index (χ1v) is 16.8. The Bertz CT molecular complexity index is 1560. The van der Waals surface area contributed by atoms with Gasteiger partial charge in [0.25, 0.3) is 0 Å². The number of ether oxygens (including phenoxy) is 2. The first-order chi connectivity index (χ1) is 23.2. The summed E-state index contributed by atoms with van der Waals surface area (Å²) >= 11 is 6.37. The molecule has 1 N–H and O–H groups in total. The molecule has 1 atom stereocenters. The van der Waals surface area contributed by atoms with Gasteiger partial charge in [0.05, 0.1) is 30.2 Å². The highest BCUT2D eigenvalue weighted by molar-refractivity contribution is 6.32. The van der Waals surface area contributed by atoms with Crippen molar-refractivity contribution >= 4 is 17.6 Å². The van der Waals surface area contributed by atoms with Gasteiger partial charge in [0, 0.05) is 25.6 Å². The van der Waals surface area contributed by atoms with Gasteiger partial charge in [0.2, 0.25) is 0 Å². The van der Waals surface area contributed by atoms with Gasteiger partial charge in [0.1, 0.15) is 5.75 Å². The number of carbonyl (C=O) groups is 1. The summed E-state index contributed by atoms with van der Waals surface area (Å²) in [5, 5.41) is 3.08. The SMILES string of the molecule is COC(=O)C(c1cccc(OCCCN(Cc2cccc(C(F)(F)F)c2Cl)CC(c2ccccc2)c2ccccc2)c1)C1CCNCC1. The topological polar surface area (TPSA) is 50.8 Å². The number of halogens is 4. The monoisotopic (exact) mass is 678 g/mol. The zero-order valence-corrected chi connectivity index (χ0v) is 27.9. The Balaban J connectivity index is 1.33. The number of alkyl halides is 3. The average molecular weight is 679 g/mol. The van der Waals surface area contributed by atoms with Gasteiger partial charge in [0.15, 0.2) is 0 Å².